The molecule has 2 aromatic carbocycles. The maximum absolute atomic E-state index is 6.51. The number of ether oxygens (including phenoxy) is 1. The van der Waals surface area contributed by atoms with Gasteiger partial charge in [0.25, 0.3) is 0 Å². The fraction of sp³-hybridized carbons (Fsp3) is 0.185. The van der Waals surface area contributed by atoms with Gasteiger partial charge in [0.2, 0.25) is 0 Å². The predicted octanol–water partition coefficient (Wildman–Crippen LogP) is 6.98. The minimum absolute atomic E-state index is 0.144. The zero-order valence-corrected chi connectivity index (χ0v) is 21.8. The van der Waals surface area contributed by atoms with Crippen LogP contribution in [-0.4, -0.2) is 21.8 Å². The molecule has 5 rings (SSSR count). The number of thiocarbonyl (C=S) groups is 1. The highest BCUT2D eigenvalue weighted by Crippen LogP contribution is 2.44. The molecular formula is C27H24Cl2N4OS. The molecule has 178 valence electrons. The molecule has 3 heterocycles. The van der Waals surface area contributed by atoms with Crippen molar-refractivity contribution in [3.8, 4) is 11.4 Å². The zero-order valence-electron chi connectivity index (χ0n) is 19.5. The SMILES string of the molecule is COc1ccc(N2C(=S)N[C@@H](c3ccccn3)[C@@H]2c2cc(C)n(-c3ccc(Cl)cc3)c2C)cc1Cl. The monoisotopic (exact) mass is 522 g/mol. The summed E-state index contributed by atoms with van der Waals surface area (Å²) in [5, 5.41) is 5.36. The van der Waals surface area contributed by atoms with Gasteiger partial charge in [-0.3, -0.25) is 4.98 Å². The second kappa shape index (κ2) is 9.53. The van der Waals surface area contributed by atoms with E-state index in [2.05, 4.69) is 39.7 Å². The number of nitrogens with one attached hydrogen (secondary N) is 1. The Bertz CT molecular complexity index is 1390. The van der Waals surface area contributed by atoms with Crippen LogP contribution < -0.4 is 15.0 Å². The van der Waals surface area contributed by atoms with Crippen LogP contribution in [0, 0.1) is 13.8 Å². The van der Waals surface area contributed by atoms with Gasteiger partial charge in [-0.1, -0.05) is 29.3 Å². The Hall–Kier alpha value is -3.06. The Kier molecular flexibility index (Phi) is 6.45. The summed E-state index contributed by atoms with van der Waals surface area (Å²) in [6.45, 7) is 4.24. The van der Waals surface area contributed by atoms with Gasteiger partial charge < -0.3 is 19.5 Å². The number of aryl methyl sites for hydroxylation is 1. The van der Waals surface area contributed by atoms with Crippen LogP contribution in [-0.2, 0) is 0 Å². The van der Waals surface area contributed by atoms with Crippen LogP contribution in [0.2, 0.25) is 10.0 Å². The van der Waals surface area contributed by atoms with Gasteiger partial charge in [-0.2, -0.15) is 0 Å². The molecular weight excluding hydrogens is 499 g/mol. The van der Waals surface area contributed by atoms with Gasteiger partial charge in [0.05, 0.1) is 29.9 Å². The summed E-state index contributed by atoms with van der Waals surface area (Å²) in [7, 11) is 1.61. The van der Waals surface area contributed by atoms with Crippen molar-refractivity contribution in [2.75, 3.05) is 12.0 Å². The van der Waals surface area contributed by atoms with Crippen molar-refractivity contribution in [2.45, 2.75) is 25.9 Å². The summed E-state index contributed by atoms with van der Waals surface area (Å²) in [6, 6.07) is 21.5. The first-order valence-corrected chi connectivity index (χ1v) is 12.3. The maximum Gasteiger partial charge on any atom is 0.174 e. The third-order valence-electron chi connectivity index (χ3n) is 6.39. The van der Waals surface area contributed by atoms with E-state index < -0.39 is 0 Å². The number of nitrogens with zero attached hydrogens (tertiary/aromatic N) is 3. The smallest absolute Gasteiger partial charge is 0.174 e. The number of methoxy groups -OCH3 is 1. The van der Waals surface area contributed by atoms with E-state index in [-0.39, 0.29) is 12.1 Å². The Morgan fingerprint density at radius 1 is 0.971 bits per heavy atom. The topological polar surface area (TPSA) is 42.3 Å². The van der Waals surface area contributed by atoms with Crippen molar-refractivity contribution in [1.29, 1.82) is 0 Å². The van der Waals surface area contributed by atoms with E-state index in [4.69, 9.17) is 40.2 Å². The Balaban J connectivity index is 1.67. The van der Waals surface area contributed by atoms with Crippen LogP contribution in [0.25, 0.3) is 5.69 Å². The minimum atomic E-state index is -0.149. The van der Waals surface area contributed by atoms with Gasteiger partial charge >= 0.3 is 0 Å². The standard InChI is InChI=1S/C27H24Cl2N4OS/c1-16-14-21(17(2)32(16)19-9-7-18(28)8-10-19)26-25(23-6-4-5-13-30-23)31-27(35)33(26)20-11-12-24(34-3)22(29)15-20/h4-15,25-26H,1-3H3,(H,31,35)/t25-,26-/m0/s1. The van der Waals surface area contributed by atoms with E-state index in [0.29, 0.717) is 20.9 Å². The molecule has 2 aromatic heterocycles. The molecule has 35 heavy (non-hydrogen) atoms. The molecule has 0 amide bonds. The molecule has 1 aliphatic rings. The number of aromatic nitrogens is 2. The molecule has 8 heteroatoms. The quantitative estimate of drug-likeness (QED) is 0.286. The van der Waals surface area contributed by atoms with Gasteiger partial charge in [-0.15, -0.1) is 0 Å². The van der Waals surface area contributed by atoms with Crippen molar-refractivity contribution in [2.24, 2.45) is 0 Å². The molecule has 0 bridgehead atoms. The van der Waals surface area contributed by atoms with Crippen LogP contribution in [0.4, 0.5) is 5.69 Å². The van der Waals surface area contributed by atoms with E-state index in [1.54, 1.807) is 13.3 Å². The molecule has 0 unspecified atom stereocenters. The van der Waals surface area contributed by atoms with Crippen LogP contribution in [0.1, 0.15) is 34.7 Å². The lowest BCUT2D eigenvalue weighted by atomic mass is 9.96. The van der Waals surface area contributed by atoms with Crippen molar-refractivity contribution >= 4 is 46.2 Å². The van der Waals surface area contributed by atoms with Crippen LogP contribution in [0.5, 0.6) is 5.75 Å². The van der Waals surface area contributed by atoms with E-state index in [1.807, 2.05) is 60.7 Å². The lowest BCUT2D eigenvalue weighted by Gasteiger charge is -2.28. The predicted molar refractivity (Wildman–Crippen MR) is 146 cm³/mol. The number of hydrogen-bond donors (Lipinski definition) is 1. The number of hydrogen-bond acceptors (Lipinski definition) is 3. The van der Waals surface area contributed by atoms with Gasteiger partial charge in [-0.05, 0) is 92.3 Å². The average molecular weight is 523 g/mol. The fourth-order valence-corrected chi connectivity index (χ4v) is 5.55. The van der Waals surface area contributed by atoms with Crippen molar-refractivity contribution in [1.82, 2.24) is 14.9 Å². The molecule has 0 saturated carbocycles. The molecule has 0 aliphatic carbocycles. The first kappa shape index (κ1) is 23.7. The first-order chi connectivity index (χ1) is 16.9. The Morgan fingerprint density at radius 3 is 2.37 bits per heavy atom. The highest BCUT2D eigenvalue weighted by atomic mass is 35.5. The summed E-state index contributed by atoms with van der Waals surface area (Å²) in [5.74, 6) is 0.618. The molecule has 1 N–H and O–H groups in total. The summed E-state index contributed by atoms with van der Waals surface area (Å²) in [5.41, 5.74) is 6.23. The first-order valence-electron chi connectivity index (χ1n) is 11.2. The molecule has 5 nitrogen and oxygen atoms in total. The van der Waals surface area contributed by atoms with Crippen LogP contribution in [0.3, 0.4) is 0 Å². The molecule has 4 aromatic rings. The van der Waals surface area contributed by atoms with Crippen molar-refractivity contribution in [3.05, 3.63) is 106 Å². The van der Waals surface area contributed by atoms with E-state index in [1.165, 1.54) is 0 Å². The Morgan fingerprint density at radius 2 is 1.71 bits per heavy atom. The Labute approximate surface area is 220 Å². The lowest BCUT2D eigenvalue weighted by Crippen LogP contribution is -2.29. The highest BCUT2D eigenvalue weighted by molar-refractivity contribution is 7.80. The zero-order chi connectivity index (χ0) is 24.7. The molecule has 2 atom stereocenters. The summed E-state index contributed by atoms with van der Waals surface area (Å²) in [6.07, 6.45) is 1.81. The fourth-order valence-electron chi connectivity index (χ4n) is 4.83. The maximum atomic E-state index is 6.51. The van der Waals surface area contributed by atoms with Crippen molar-refractivity contribution < 1.29 is 4.74 Å². The summed E-state index contributed by atoms with van der Waals surface area (Å²) >= 11 is 18.5. The average Bonchev–Trinajstić information content (AvgIpc) is 3.35. The largest absolute Gasteiger partial charge is 0.495 e. The summed E-state index contributed by atoms with van der Waals surface area (Å²) in [4.78, 5) is 6.77. The number of benzene rings is 2. The van der Waals surface area contributed by atoms with Gasteiger partial charge in [0, 0.05) is 34.0 Å². The second-order valence-electron chi connectivity index (χ2n) is 8.45. The minimum Gasteiger partial charge on any atom is -0.495 e. The molecule has 0 radical (unpaired) electrons. The van der Waals surface area contributed by atoms with Gasteiger partial charge in [0.15, 0.2) is 5.11 Å². The van der Waals surface area contributed by atoms with Crippen molar-refractivity contribution in [3.63, 3.8) is 0 Å². The third kappa shape index (κ3) is 4.27. The van der Waals surface area contributed by atoms with Crippen LogP contribution >= 0.6 is 35.4 Å². The van der Waals surface area contributed by atoms with Gasteiger partial charge in [-0.25, -0.2) is 0 Å². The highest BCUT2D eigenvalue weighted by Gasteiger charge is 2.42. The van der Waals surface area contributed by atoms with E-state index in [9.17, 15) is 0 Å². The molecule has 1 aliphatic heterocycles. The van der Waals surface area contributed by atoms with Gasteiger partial charge in [0.1, 0.15) is 5.75 Å². The van der Waals surface area contributed by atoms with E-state index >= 15 is 0 Å². The van der Waals surface area contributed by atoms with Crippen LogP contribution in [0.15, 0.2) is 72.9 Å². The molecule has 1 fully saturated rings. The normalized spacial score (nSPS) is 17.5. The summed E-state index contributed by atoms with van der Waals surface area (Å²) < 4.78 is 7.60. The number of rotatable bonds is 5. The molecule has 0 spiro atoms. The number of anilines is 1. The number of pyridine rings is 1. The molecule has 1 saturated heterocycles. The number of halogens is 2. The lowest BCUT2D eigenvalue weighted by molar-refractivity contribution is 0.415. The third-order valence-corrected chi connectivity index (χ3v) is 7.25. The van der Waals surface area contributed by atoms with E-state index in [0.717, 1.165) is 34.0 Å². The second-order valence-corrected chi connectivity index (χ2v) is 9.68.